The molecular weight excluding hydrogens is 971 g/mol. The van der Waals surface area contributed by atoms with Crippen molar-refractivity contribution < 1.29 is 47.9 Å². The highest BCUT2D eigenvalue weighted by Crippen LogP contribution is 2.21. The third-order valence-electron chi connectivity index (χ3n) is 12.6. The number of carbonyl (C=O) groups excluding carboxylic acids is 10. The third-order valence-corrected chi connectivity index (χ3v) is 12.6. The largest absolute Gasteiger partial charge is 0.370 e. The summed E-state index contributed by atoms with van der Waals surface area (Å²) >= 11 is 0. The van der Waals surface area contributed by atoms with E-state index < -0.39 is 108 Å². The monoisotopic (exact) mass is 1040 g/mol. The highest BCUT2D eigenvalue weighted by Gasteiger charge is 2.41. The van der Waals surface area contributed by atoms with Gasteiger partial charge >= 0.3 is 0 Å². The van der Waals surface area contributed by atoms with Crippen LogP contribution in [0, 0.1) is 5.92 Å². The summed E-state index contributed by atoms with van der Waals surface area (Å²) in [6, 6.07) is 7.92. The number of hydrogen-bond donors (Lipinski definition) is 12. The Hall–Kier alpha value is -8.38. The molecule has 1 aromatic heterocycles. The minimum Gasteiger partial charge on any atom is -0.370 e. The molecule has 25 nitrogen and oxygen atoms in total. The van der Waals surface area contributed by atoms with Crippen molar-refractivity contribution in [2.75, 3.05) is 13.1 Å². The highest BCUT2D eigenvalue weighted by atomic mass is 16.2. The summed E-state index contributed by atoms with van der Waals surface area (Å²) in [7, 11) is 0. The quantitative estimate of drug-likeness (QED) is 0.0197. The fourth-order valence-electron chi connectivity index (χ4n) is 8.78. The van der Waals surface area contributed by atoms with Gasteiger partial charge in [0.1, 0.15) is 48.3 Å². The summed E-state index contributed by atoms with van der Waals surface area (Å²) in [4.78, 5) is 147. The predicted octanol–water partition coefficient (Wildman–Crippen LogP) is -2.92. The van der Waals surface area contributed by atoms with Crippen LogP contribution in [0.4, 0.5) is 0 Å². The molecule has 0 spiro atoms. The molecule has 8 atom stereocenters. The number of aliphatic imine (C=N–C) groups is 1. The standard InChI is InChI=1S/C50H69N15O10/c1-28(2)21-35(61-46(72)36(22-29-11-5-3-6-12-29)62-44(70)33-17-18-41(67)58-33)45(71)63-37(23-30-13-7-4-8-14-30)47(73)64-38(24-31-26-55-27-57-31)49(75)65-20-10-16-39(65)48(74)59-32(15-9-19-56-50(53)54)43(69)60-34(42(52)68)25-40(51)66/h3-8,11-14,26-28,32-39H,9-10,15-25H2,1-2H3,(H2,51,66)(H2,52,68)(H,55,57)(H,58,67)(H,59,74)(H,60,69)(H,61,72)(H,62,70)(H,63,71)(H,64,73)(H4,53,54,56)/t32-,33-,34-,35-,36-,37-,38-,39-/m0/s1. The fraction of sp³-hybridized carbons (Fsp3) is 0.480. The smallest absolute Gasteiger partial charge is 0.246 e. The van der Waals surface area contributed by atoms with E-state index in [4.69, 9.17) is 22.9 Å². The van der Waals surface area contributed by atoms with E-state index >= 15 is 0 Å². The second-order valence-corrected chi connectivity index (χ2v) is 19.0. The number of nitrogens with one attached hydrogen (secondary N) is 8. The lowest BCUT2D eigenvalue weighted by Gasteiger charge is -2.31. The Morgan fingerprint density at radius 3 is 1.80 bits per heavy atom. The number of likely N-dealkylation sites (tertiary alicyclic amines) is 1. The second-order valence-electron chi connectivity index (χ2n) is 19.0. The van der Waals surface area contributed by atoms with Gasteiger partial charge in [-0.25, -0.2) is 4.98 Å². The molecule has 3 aromatic rings. The molecule has 2 aromatic carbocycles. The maximum Gasteiger partial charge on any atom is 0.246 e. The Labute approximate surface area is 433 Å². The number of benzene rings is 2. The Kier molecular flexibility index (Phi) is 21.6. The van der Waals surface area contributed by atoms with E-state index in [9.17, 15) is 47.9 Å². The first kappa shape index (κ1) is 57.5. The number of hydrogen-bond acceptors (Lipinski definition) is 12. The number of carbonyl (C=O) groups is 10. The van der Waals surface area contributed by atoms with Crippen LogP contribution in [-0.4, -0.2) is 141 Å². The minimum atomic E-state index is -1.48. The van der Waals surface area contributed by atoms with Crippen LogP contribution in [0.5, 0.6) is 0 Å². The number of nitrogens with two attached hydrogens (primary N) is 4. The molecule has 5 rings (SSSR count). The molecule has 0 bridgehead atoms. The van der Waals surface area contributed by atoms with Crippen LogP contribution in [0.1, 0.15) is 82.0 Å². The lowest BCUT2D eigenvalue weighted by Crippen LogP contribution is -2.61. The number of imidazole rings is 1. The maximum absolute atomic E-state index is 14.8. The molecular formula is C50H69N15O10. The summed E-state index contributed by atoms with van der Waals surface area (Å²) in [5, 5.41) is 18.8. The molecule has 404 valence electrons. The molecule has 2 saturated heterocycles. The first-order valence-electron chi connectivity index (χ1n) is 24.9. The molecule has 2 aliphatic rings. The van der Waals surface area contributed by atoms with Gasteiger partial charge in [-0.05, 0) is 55.6 Å². The minimum absolute atomic E-state index is 0.0437. The summed E-state index contributed by atoms with van der Waals surface area (Å²) < 4.78 is 0. The van der Waals surface area contributed by atoms with Gasteiger partial charge in [-0.15, -0.1) is 0 Å². The number of aromatic nitrogens is 2. The molecule has 16 N–H and O–H groups in total. The van der Waals surface area contributed by atoms with Gasteiger partial charge in [0.05, 0.1) is 12.7 Å². The molecule has 3 heterocycles. The van der Waals surface area contributed by atoms with Gasteiger partial charge in [-0.2, -0.15) is 0 Å². The third kappa shape index (κ3) is 18.3. The van der Waals surface area contributed by atoms with Crippen molar-refractivity contribution in [3.8, 4) is 0 Å². The first-order valence-corrected chi connectivity index (χ1v) is 24.9. The predicted molar refractivity (Wildman–Crippen MR) is 272 cm³/mol. The molecule has 75 heavy (non-hydrogen) atoms. The van der Waals surface area contributed by atoms with Gasteiger partial charge in [-0.3, -0.25) is 52.9 Å². The van der Waals surface area contributed by atoms with Crippen molar-refractivity contribution in [1.29, 1.82) is 0 Å². The second kappa shape index (κ2) is 28.2. The topological polar surface area (TPSA) is 403 Å². The van der Waals surface area contributed by atoms with Crippen molar-refractivity contribution in [3.05, 3.63) is 90.0 Å². The van der Waals surface area contributed by atoms with Crippen molar-refractivity contribution >= 4 is 65.0 Å². The fourth-order valence-corrected chi connectivity index (χ4v) is 8.78. The van der Waals surface area contributed by atoms with E-state index in [1.807, 2.05) is 13.8 Å². The average molecular weight is 1040 g/mol. The van der Waals surface area contributed by atoms with Crippen LogP contribution in [-0.2, 0) is 67.2 Å². The molecule has 0 radical (unpaired) electrons. The summed E-state index contributed by atoms with van der Waals surface area (Å²) in [6.07, 6.45) is 3.33. The molecule has 0 unspecified atom stereocenters. The van der Waals surface area contributed by atoms with E-state index in [0.717, 1.165) is 5.56 Å². The van der Waals surface area contributed by atoms with Crippen LogP contribution < -0.4 is 60.2 Å². The van der Waals surface area contributed by atoms with Gasteiger partial charge in [0.2, 0.25) is 59.1 Å². The van der Waals surface area contributed by atoms with Gasteiger partial charge < -0.3 is 70.0 Å². The number of rotatable bonds is 28. The zero-order valence-corrected chi connectivity index (χ0v) is 42.1. The van der Waals surface area contributed by atoms with E-state index in [0.29, 0.717) is 17.7 Å². The number of primary amides is 2. The highest BCUT2D eigenvalue weighted by molar-refractivity contribution is 5.99. The molecule has 2 fully saturated rings. The lowest BCUT2D eigenvalue weighted by molar-refractivity contribution is -0.142. The first-order chi connectivity index (χ1) is 35.8. The zero-order chi connectivity index (χ0) is 54.6. The van der Waals surface area contributed by atoms with E-state index in [2.05, 4.69) is 52.2 Å². The van der Waals surface area contributed by atoms with Crippen molar-refractivity contribution in [3.63, 3.8) is 0 Å². The molecule has 0 aliphatic carbocycles. The van der Waals surface area contributed by atoms with E-state index in [1.54, 1.807) is 60.7 Å². The van der Waals surface area contributed by atoms with Crippen LogP contribution >= 0.6 is 0 Å². The number of aromatic amines is 1. The van der Waals surface area contributed by atoms with Crippen molar-refractivity contribution in [1.82, 2.24) is 52.1 Å². The van der Waals surface area contributed by atoms with Gasteiger partial charge in [0, 0.05) is 50.7 Å². The van der Waals surface area contributed by atoms with Crippen LogP contribution in [0.15, 0.2) is 78.2 Å². The summed E-state index contributed by atoms with van der Waals surface area (Å²) in [6.45, 7) is 3.85. The zero-order valence-electron chi connectivity index (χ0n) is 42.1. The van der Waals surface area contributed by atoms with Crippen LogP contribution in [0.3, 0.4) is 0 Å². The van der Waals surface area contributed by atoms with Crippen molar-refractivity contribution in [2.24, 2.45) is 33.8 Å². The summed E-state index contributed by atoms with van der Waals surface area (Å²) in [5.74, 6) is -7.58. The van der Waals surface area contributed by atoms with E-state index in [1.165, 1.54) is 17.4 Å². The number of amides is 10. The average Bonchev–Trinajstić information content (AvgIpc) is 4.17. The van der Waals surface area contributed by atoms with Crippen LogP contribution in [0.25, 0.3) is 0 Å². The maximum atomic E-state index is 14.8. The number of guanidine groups is 1. The summed E-state index contributed by atoms with van der Waals surface area (Å²) in [5.41, 5.74) is 23.4. The van der Waals surface area contributed by atoms with Crippen molar-refractivity contribution in [2.45, 2.75) is 133 Å². The lowest BCUT2D eigenvalue weighted by atomic mass is 9.99. The van der Waals surface area contributed by atoms with Crippen LogP contribution in [0.2, 0.25) is 0 Å². The number of H-pyrrole nitrogens is 1. The Morgan fingerprint density at radius 2 is 1.25 bits per heavy atom. The molecule has 0 saturated carbocycles. The molecule has 25 heteroatoms. The molecule has 10 amide bonds. The van der Waals surface area contributed by atoms with E-state index in [-0.39, 0.29) is 88.7 Å². The SMILES string of the molecule is CC(C)C[C@H](NC(=O)[C@H](Cc1ccccc1)NC(=O)[C@@H]1CCC(=O)N1)C(=O)N[C@@H](Cc1ccccc1)C(=O)N[C@@H](Cc1cnc[nH]1)C(=O)N1CCC[C@H]1C(=O)N[C@@H](CCCN=C(N)N)C(=O)N[C@@H](CC(N)=O)C(N)=O. The number of nitrogens with zero attached hydrogens (tertiary/aromatic N) is 3. The Balaban J connectivity index is 1.38. The Morgan fingerprint density at radius 1 is 0.693 bits per heavy atom. The van der Waals surface area contributed by atoms with Gasteiger partial charge in [0.15, 0.2) is 5.96 Å². The molecule has 2 aliphatic heterocycles. The Bertz CT molecular complexity index is 2510. The normalized spacial score (nSPS) is 17.4. The van der Waals surface area contributed by atoms with Gasteiger partial charge in [-0.1, -0.05) is 74.5 Å². The van der Waals surface area contributed by atoms with Gasteiger partial charge in [0.25, 0.3) is 0 Å².